The summed E-state index contributed by atoms with van der Waals surface area (Å²) in [4.78, 5) is 26.6. The molecule has 0 saturated carbocycles. The van der Waals surface area contributed by atoms with Gasteiger partial charge in [-0.2, -0.15) is 9.97 Å². The molecule has 3 rings (SSSR count). The monoisotopic (exact) mass is 457 g/mol. The number of hydrogen-bond acceptors (Lipinski definition) is 7. The van der Waals surface area contributed by atoms with Gasteiger partial charge in [0.15, 0.2) is 0 Å². The van der Waals surface area contributed by atoms with E-state index in [0.29, 0.717) is 42.8 Å². The van der Waals surface area contributed by atoms with Gasteiger partial charge in [-0.1, -0.05) is 12.5 Å². The summed E-state index contributed by atoms with van der Waals surface area (Å²) in [5.41, 5.74) is 1.22. The van der Waals surface area contributed by atoms with E-state index in [2.05, 4.69) is 25.2 Å². The highest BCUT2D eigenvalue weighted by atomic mass is 32.2. The minimum absolute atomic E-state index is 0.0753. The summed E-state index contributed by atoms with van der Waals surface area (Å²) < 4.78 is 17.7. The summed E-state index contributed by atoms with van der Waals surface area (Å²) in [6.45, 7) is 4.08. The van der Waals surface area contributed by atoms with Gasteiger partial charge in [0.05, 0.1) is 0 Å². The van der Waals surface area contributed by atoms with Gasteiger partial charge in [-0.05, 0) is 49.7 Å². The fraction of sp³-hybridized carbons (Fsp3) is 0.478. The number of ether oxygens (including phenoxy) is 1. The predicted octanol–water partition coefficient (Wildman–Crippen LogP) is 2.50. The van der Waals surface area contributed by atoms with Crippen molar-refractivity contribution in [1.82, 2.24) is 25.2 Å². The first-order valence-corrected chi connectivity index (χ1v) is 12.4. The molecule has 0 aliphatic carbocycles. The number of nitrogens with one attached hydrogen (secondary N) is 1. The molecule has 172 valence electrons. The zero-order valence-corrected chi connectivity index (χ0v) is 19.1. The van der Waals surface area contributed by atoms with Gasteiger partial charge in [0, 0.05) is 61.8 Å². The first kappa shape index (κ1) is 24.2. The van der Waals surface area contributed by atoms with Crippen LogP contribution < -0.4 is 10.1 Å². The van der Waals surface area contributed by atoms with Crippen LogP contribution >= 0.6 is 0 Å². The SMILES string of the molecule is O=C(CCC[S+]([O-])c1ncccn1)NC/C=C\COc1cc(CN2CCCCC2)ccn1. The number of carbonyl (C=O) groups is 1. The molecule has 1 N–H and O–H groups in total. The maximum atomic E-state index is 12.0. The summed E-state index contributed by atoms with van der Waals surface area (Å²) in [6.07, 6.45) is 13.3. The van der Waals surface area contributed by atoms with Crippen LogP contribution in [0.2, 0.25) is 0 Å². The van der Waals surface area contributed by atoms with E-state index in [-0.39, 0.29) is 5.91 Å². The molecule has 1 unspecified atom stereocenters. The fourth-order valence-electron chi connectivity index (χ4n) is 3.41. The van der Waals surface area contributed by atoms with E-state index >= 15 is 0 Å². The average Bonchev–Trinajstić information content (AvgIpc) is 2.83. The smallest absolute Gasteiger partial charge is 0.342 e. The van der Waals surface area contributed by atoms with Crippen molar-refractivity contribution < 1.29 is 14.1 Å². The number of piperidine rings is 1. The van der Waals surface area contributed by atoms with Gasteiger partial charge in [0.25, 0.3) is 0 Å². The number of carbonyl (C=O) groups excluding carboxylic acids is 1. The molecule has 0 aromatic carbocycles. The molecule has 2 aromatic rings. The lowest BCUT2D eigenvalue weighted by atomic mass is 10.1. The van der Waals surface area contributed by atoms with Gasteiger partial charge in [-0.3, -0.25) is 9.69 Å². The minimum atomic E-state index is -1.27. The fourth-order valence-corrected chi connectivity index (χ4v) is 4.35. The van der Waals surface area contributed by atoms with E-state index in [0.717, 1.165) is 19.6 Å². The molecule has 2 aromatic heterocycles. The third kappa shape index (κ3) is 8.94. The van der Waals surface area contributed by atoms with E-state index in [9.17, 15) is 9.35 Å². The molecule has 1 fully saturated rings. The lowest BCUT2D eigenvalue weighted by molar-refractivity contribution is -0.120. The Morgan fingerprint density at radius 3 is 2.78 bits per heavy atom. The lowest BCUT2D eigenvalue weighted by Crippen LogP contribution is -2.29. The van der Waals surface area contributed by atoms with E-state index in [1.807, 2.05) is 24.3 Å². The molecule has 1 saturated heterocycles. The summed E-state index contributed by atoms with van der Waals surface area (Å²) in [6, 6.07) is 5.71. The van der Waals surface area contributed by atoms with Crippen molar-refractivity contribution >= 4 is 17.1 Å². The Morgan fingerprint density at radius 2 is 1.97 bits per heavy atom. The van der Waals surface area contributed by atoms with Gasteiger partial charge in [0.1, 0.15) is 12.4 Å². The van der Waals surface area contributed by atoms with Crippen LogP contribution in [0.25, 0.3) is 0 Å². The van der Waals surface area contributed by atoms with Crippen LogP contribution in [0.4, 0.5) is 0 Å². The van der Waals surface area contributed by atoms with Crippen LogP contribution in [-0.4, -0.2) is 62.3 Å². The summed E-state index contributed by atoms with van der Waals surface area (Å²) >= 11 is -1.27. The molecule has 1 atom stereocenters. The summed E-state index contributed by atoms with van der Waals surface area (Å²) in [7, 11) is 0. The van der Waals surface area contributed by atoms with Crippen LogP contribution in [0.5, 0.6) is 5.88 Å². The van der Waals surface area contributed by atoms with Crippen molar-refractivity contribution in [3.63, 3.8) is 0 Å². The van der Waals surface area contributed by atoms with E-state index < -0.39 is 11.2 Å². The van der Waals surface area contributed by atoms with Crippen LogP contribution in [0, 0.1) is 0 Å². The van der Waals surface area contributed by atoms with Gasteiger partial charge >= 0.3 is 5.16 Å². The Kier molecular flexibility index (Phi) is 10.4. The van der Waals surface area contributed by atoms with Crippen molar-refractivity contribution in [3.8, 4) is 5.88 Å². The maximum Gasteiger partial charge on any atom is 0.342 e. The first-order valence-electron chi connectivity index (χ1n) is 11.1. The van der Waals surface area contributed by atoms with Crippen LogP contribution in [0.1, 0.15) is 37.7 Å². The topological polar surface area (TPSA) is 103 Å². The zero-order valence-electron chi connectivity index (χ0n) is 18.3. The largest absolute Gasteiger partial charge is 0.609 e. The molecule has 9 heteroatoms. The standard InChI is InChI=1S/C23H31N5O3S/c29-21(8-6-17-32(30)23-26-11-7-12-27-23)24-10-2-5-16-31-22-18-20(9-13-25-22)19-28-14-3-1-4-15-28/h2,5,7,9,11-13,18H,1,3-4,6,8,10,14-17,19H2,(H,24,29)/b5-2-. The second kappa shape index (κ2) is 13.8. The Hall–Kier alpha value is -2.49. The number of likely N-dealkylation sites (tertiary alicyclic amines) is 1. The quantitative estimate of drug-likeness (QED) is 0.297. The number of rotatable bonds is 12. The number of pyridine rings is 1. The Bertz CT molecular complexity index is 847. The van der Waals surface area contributed by atoms with Crippen molar-refractivity contribution in [2.75, 3.05) is 32.0 Å². The second-order valence-electron chi connectivity index (χ2n) is 7.61. The highest BCUT2D eigenvalue weighted by molar-refractivity contribution is 7.91. The predicted molar refractivity (Wildman–Crippen MR) is 124 cm³/mol. The maximum absolute atomic E-state index is 12.0. The zero-order chi connectivity index (χ0) is 22.4. The average molecular weight is 458 g/mol. The molecule has 0 spiro atoms. The van der Waals surface area contributed by atoms with Crippen LogP contribution in [-0.2, 0) is 22.5 Å². The third-order valence-corrected chi connectivity index (χ3v) is 6.32. The molecule has 1 amide bonds. The van der Waals surface area contributed by atoms with Crippen molar-refractivity contribution in [2.45, 2.75) is 43.8 Å². The highest BCUT2D eigenvalue weighted by Crippen LogP contribution is 2.15. The first-order chi connectivity index (χ1) is 15.7. The Morgan fingerprint density at radius 1 is 1.16 bits per heavy atom. The van der Waals surface area contributed by atoms with E-state index in [1.165, 1.54) is 24.8 Å². The summed E-state index contributed by atoms with van der Waals surface area (Å²) in [5.74, 6) is 0.905. The molecule has 3 heterocycles. The van der Waals surface area contributed by atoms with Gasteiger partial charge in [-0.25, -0.2) is 4.98 Å². The normalized spacial score (nSPS) is 15.5. The number of nitrogens with zero attached hydrogens (tertiary/aromatic N) is 4. The van der Waals surface area contributed by atoms with Crippen LogP contribution in [0.15, 0.2) is 54.1 Å². The van der Waals surface area contributed by atoms with Gasteiger partial charge in [-0.15, -0.1) is 0 Å². The number of hydrogen-bond donors (Lipinski definition) is 1. The minimum Gasteiger partial charge on any atom is -0.609 e. The van der Waals surface area contributed by atoms with Crippen molar-refractivity contribution in [1.29, 1.82) is 0 Å². The molecule has 0 bridgehead atoms. The second-order valence-corrected chi connectivity index (χ2v) is 9.07. The van der Waals surface area contributed by atoms with Crippen LogP contribution in [0.3, 0.4) is 0 Å². The molecule has 1 aliphatic rings. The molecular weight excluding hydrogens is 426 g/mol. The van der Waals surface area contributed by atoms with E-state index in [4.69, 9.17) is 4.74 Å². The molecule has 1 aliphatic heterocycles. The van der Waals surface area contributed by atoms with Crippen molar-refractivity contribution in [2.24, 2.45) is 0 Å². The molecular formula is C23H31N5O3S. The van der Waals surface area contributed by atoms with Gasteiger partial charge in [0.2, 0.25) is 11.8 Å². The summed E-state index contributed by atoms with van der Waals surface area (Å²) in [5, 5.41) is 3.12. The molecule has 8 nitrogen and oxygen atoms in total. The number of amides is 1. The van der Waals surface area contributed by atoms with Crippen molar-refractivity contribution in [3.05, 3.63) is 54.5 Å². The van der Waals surface area contributed by atoms with E-state index in [1.54, 1.807) is 24.7 Å². The Labute approximate surface area is 192 Å². The molecule has 0 radical (unpaired) electrons. The third-order valence-electron chi connectivity index (χ3n) is 5.04. The number of aromatic nitrogens is 3. The highest BCUT2D eigenvalue weighted by Gasteiger charge is 2.14. The Balaban J connectivity index is 1.26. The van der Waals surface area contributed by atoms with Gasteiger partial charge < -0.3 is 14.6 Å². The molecule has 32 heavy (non-hydrogen) atoms. The lowest BCUT2D eigenvalue weighted by Gasteiger charge is -2.26.